The molecule has 7 heteroatoms. The second-order valence-electron chi connectivity index (χ2n) is 7.98. The molecule has 1 heterocycles. The number of likely N-dealkylation sites (N-methyl/N-ethyl adjacent to an activating group) is 1. The van der Waals surface area contributed by atoms with Crippen LogP contribution in [0.5, 0.6) is 0 Å². The molecular formula is C19H30N2O4S. The third kappa shape index (κ3) is 5.71. The van der Waals surface area contributed by atoms with Crippen LogP contribution in [0, 0.1) is 6.92 Å². The van der Waals surface area contributed by atoms with Gasteiger partial charge in [-0.1, -0.05) is 29.8 Å². The second-order valence-corrected chi connectivity index (χ2v) is 10.0. The maximum atomic E-state index is 12.8. The van der Waals surface area contributed by atoms with Crippen molar-refractivity contribution in [3.05, 3.63) is 35.4 Å². The summed E-state index contributed by atoms with van der Waals surface area (Å²) in [4.78, 5) is 13.9. The van der Waals surface area contributed by atoms with Gasteiger partial charge in [0, 0.05) is 26.2 Å². The molecular weight excluding hydrogens is 352 g/mol. The van der Waals surface area contributed by atoms with Crippen LogP contribution in [-0.2, 0) is 20.5 Å². The predicted molar refractivity (Wildman–Crippen MR) is 102 cm³/mol. The number of benzene rings is 1. The summed E-state index contributed by atoms with van der Waals surface area (Å²) in [5.74, 6) is -0.0350. The fourth-order valence-electron chi connectivity index (χ4n) is 2.97. The standard InChI is InChI=1S/C19H30N2O4S/c1-15-8-10-16(11-9-15)14-26(23,24)20(5)17-7-6-12-21(13-17)18(22)25-19(2,3)4/h8-11,17H,6-7,12-14H2,1-5H3/t17-/m0/s1. The number of hydrogen-bond acceptors (Lipinski definition) is 4. The van der Waals surface area contributed by atoms with E-state index >= 15 is 0 Å². The zero-order valence-electron chi connectivity index (χ0n) is 16.4. The Labute approximate surface area is 157 Å². The highest BCUT2D eigenvalue weighted by molar-refractivity contribution is 7.88. The third-order valence-electron chi connectivity index (χ3n) is 4.47. The van der Waals surface area contributed by atoms with Crippen molar-refractivity contribution in [1.82, 2.24) is 9.21 Å². The topological polar surface area (TPSA) is 66.9 Å². The number of amides is 1. The molecule has 1 aromatic carbocycles. The highest BCUT2D eigenvalue weighted by atomic mass is 32.2. The van der Waals surface area contributed by atoms with E-state index < -0.39 is 15.6 Å². The van der Waals surface area contributed by atoms with Gasteiger partial charge in [-0.2, -0.15) is 4.31 Å². The molecule has 2 rings (SSSR count). The molecule has 146 valence electrons. The molecule has 0 N–H and O–H groups in total. The van der Waals surface area contributed by atoms with E-state index in [2.05, 4.69) is 0 Å². The molecule has 1 aliphatic rings. The van der Waals surface area contributed by atoms with E-state index in [1.54, 1.807) is 11.9 Å². The molecule has 1 aliphatic heterocycles. The van der Waals surface area contributed by atoms with Crippen LogP contribution in [0.2, 0.25) is 0 Å². The molecule has 0 saturated carbocycles. The lowest BCUT2D eigenvalue weighted by Crippen LogP contribution is -2.51. The number of sulfonamides is 1. The van der Waals surface area contributed by atoms with Gasteiger partial charge >= 0.3 is 6.09 Å². The van der Waals surface area contributed by atoms with Crippen LogP contribution in [0.3, 0.4) is 0 Å². The number of nitrogens with zero attached hydrogens (tertiary/aromatic N) is 2. The first-order chi connectivity index (χ1) is 12.0. The number of rotatable bonds is 4. The highest BCUT2D eigenvalue weighted by Crippen LogP contribution is 2.21. The zero-order valence-corrected chi connectivity index (χ0v) is 17.2. The number of hydrogen-bond donors (Lipinski definition) is 0. The van der Waals surface area contributed by atoms with E-state index in [0.717, 1.165) is 24.0 Å². The smallest absolute Gasteiger partial charge is 0.410 e. The van der Waals surface area contributed by atoms with Crippen molar-refractivity contribution in [3.63, 3.8) is 0 Å². The predicted octanol–water partition coefficient (Wildman–Crippen LogP) is 3.16. The van der Waals surface area contributed by atoms with E-state index in [1.807, 2.05) is 52.0 Å². The van der Waals surface area contributed by atoms with Crippen LogP contribution in [0.1, 0.15) is 44.7 Å². The number of aryl methyl sites for hydroxylation is 1. The second kappa shape index (κ2) is 7.96. The molecule has 1 amide bonds. The molecule has 6 nitrogen and oxygen atoms in total. The maximum Gasteiger partial charge on any atom is 0.410 e. The van der Waals surface area contributed by atoms with Gasteiger partial charge in [0.05, 0.1) is 5.75 Å². The molecule has 0 aromatic heterocycles. The molecule has 0 unspecified atom stereocenters. The zero-order chi connectivity index (χ0) is 19.5. The first-order valence-electron chi connectivity index (χ1n) is 8.97. The lowest BCUT2D eigenvalue weighted by molar-refractivity contribution is 0.0163. The third-order valence-corrected chi connectivity index (χ3v) is 6.34. The van der Waals surface area contributed by atoms with E-state index in [-0.39, 0.29) is 17.9 Å². The molecule has 0 bridgehead atoms. The molecule has 1 aromatic rings. The van der Waals surface area contributed by atoms with Crippen molar-refractivity contribution in [3.8, 4) is 0 Å². The number of carbonyl (C=O) groups is 1. The first-order valence-corrected chi connectivity index (χ1v) is 10.6. The average molecular weight is 383 g/mol. The van der Waals surface area contributed by atoms with Gasteiger partial charge in [-0.25, -0.2) is 13.2 Å². The summed E-state index contributed by atoms with van der Waals surface area (Å²) in [7, 11) is -1.85. The summed E-state index contributed by atoms with van der Waals surface area (Å²) in [6.07, 6.45) is 1.11. The first kappa shape index (κ1) is 20.7. The van der Waals surface area contributed by atoms with E-state index in [1.165, 1.54) is 4.31 Å². The minimum Gasteiger partial charge on any atom is -0.444 e. The van der Waals surface area contributed by atoms with Crippen molar-refractivity contribution in [2.24, 2.45) is 0 Å². The van der Waals surface area contributed by atoms with Crippen molar-refractivity contribution < 1.29 is 17.9 Å². The molecule has 1 atom stereocenters. The molecule has 1 fully saturated rings. The Morgan fingerprint density at radius 3 is 2.46 bits per heavy atom. The molecule has 0 spiro atoms. The van der Waals surface area contributed by atoms with Gasteiger partial charge < -0.3 is 9.64 Å². The fourth-order valence-corrected chi connectivity index (χ4v) is 4.41. The number of likely N-dealkylation sites (tertiary alicyclic amines) is 1. The number of ether oxygens (including phenoxy) is 1. The quantitative estimate of drug-likeness (QED) is 0.802. The summed E-state index contributed by atoms with van der Waals surface area (Å²) >= 11 is 0. The fraction of sp³-hybridized carbons (Fsp3) is 0.632. The van der Waals surface area contributed by atoms with Crippen molar-refractivity contribution >= 4 is 16.1 Å². The monoisotopic (exact) mass is 382 g/mol. The molecule has 1 saturated heterocycles. The normalized spacial score (nSPS) is 18.8. The summed E-state index contributed by atoms with van der Waals surface area (Å²) < 4.78 is 32.4. The Morgan fingerprint density at radius 2 is 1.88 bits per heavy atom. The number of piperidine rings is 1. The van der Waals surface area contributed by atoms with Crippen LogP contribution in [0.25, 0.3) is 0 Å². The Balaban J connectivity index is 2.04. The van der Waals surface area contributed by atoms with Gasteiger partial charge in [0.25, 0.3) is 0 Å². The summed E-state index contributed by atoms with van der Waals surface area (Å²) in [5, 5.41) is 0. The Kier molecular flexibility index (Phi) is 6.34. The van der Waals surface area contributed by atoms with Gasteiger partial charge in [-0.05, 0) is 46.1 Å². The Bertz CT molecular complexity index is 723. The van der Waals surface area contributed by atoms with Crippen LogP contribution in [-0.4, -0.2) is 55.5 Å². The van der Waals surface area contributed by atoms with Crippen molar-refractivity contribution in [2.75, 3.05) is 20.1 Å². The Morgan fingerprint density at radius 1 is 1.27 bits per heavy atom. The summed E-state index contributed by atoms with van der Waals surface area (Å²) in [6, 6.07) is 7.28. The van der Waals surface area contributed by atoms with Gasteiger partial charge in [-0.3, -0.25) is 0 Å². The minimum atomic E-state index is -3.46. The van der Waals surface area contributed by atoms with E-state index in [9.17, 15) is 13.2 Å². The average Bonchev–Trinajstić information content (AvgIpc) is 2.54. The largest absolute Gasteiger partial charge is 0.444 e. The van der Waals surface area contributed by atoms with Gasteiger partial charge in [0.15, 0.2) is 0 Å². The van der Waals surface area contributed by atoms with Crippen molar-refractivity contribution in [2.45, 2.75) is 57.9 Å². The lowest BCUT2D eigenvalue weighted by Gasteiger charge is -2.37. The molecule has 26 heavy (non-hydrogen) atoms. The Hall–Kier alpha value is -1.60. The van der Waals surface area contributed by atoms with E-state index in [4.69, 9.17) is 4.74 Å². The maximum absolute atomic E-state index is 12.8. The van der Waals surface area contributed by atoms with Gasteiger partial charge in [-0.15, -0.1) is 0 Å². The van der Waals surface area contributed by atoms with Crippen LogP contribution >= 0.6 is 0 Å². The molecule has 0 aliphatic carbocycles. The van der Waals surface area contributed by atoms with Gasteiger partial charge in [0.1, 0.15) is 5.60 Å². The summed E-state index contributed by atoms with van der Waals surface area (Å²) in [5.41, 5.74) is 1.30. The summed E-state index contributed by atoms with van der Waals surface area (Å²) in [6.45, 7) is 8.40. The van der Waals surface area contributed by atoms with Crippen LogP contribution < -0.4 is 0 Å². The minimum absolute atomic E-state index is 0.0350. The van der Waals surface area contributed by atoms with Crippen molar-refractivity contribution in [1.29, 1.82) is 0 Å². The van der Waals surface area contributed by atoms with Gasteiger partial charge in [0.2, 0.25) is 10.0 Å². The number of carbonyl (C=O) groups excluding carboxylic acids is 1. The van der Waals surface area contributed by atoms with E-state index in [0.29, 0.717) is 13.1 Å². The van der Waals surface area contributed by atoms with Crippen LogP contribution in [0.4, 0.5) is 4.79 Å². The molecule has 0 radical (unpaired) electrons. The van der Waals surface area contributed by atoms with Crippen LogP contribution in [0.15, 0.2) is 24.3 Å². The lowest BCUT2D eigenvalue weighted by atomic mass is 10.1. The SMILES string of the molecule is Cc1ccc(CS(=O)(=O)N(C)[C@H]2CCCN(C(=O)OC(C)(C)C)C2)cc1. The highest BCUT2D eigenvalue weighted by Gasteiger charge is 2.33.